The van der Waals surface area contributed by atoms with Crippen molar-refractivity contribution >= 4 is 43.9 Å². The zero-order chi connectivity index (χ0) is 34.8. The van der Waals surface area contributed by atoms with Gasteiger partial charge in [0.15, 0.2) is 0 Å². The van der Waals surface area contributed by atoms with Gasteiger partial charge in [-0.3, -0.25) is 9.97 Å². The molecule has 0 aliphatic heterocycles. The Balaban J connectivity index is 1.05. The van der Waals surface area contributed by atoms with Gasteiger partial charge in [-0.05, 0) is 131 Å². The quantitative estimate of drug-likeness (QED) is 0.183. The van der Waals surface area contributed by atoms with Crippen molar-refractivity contribution in [2.24, 2.45) is 0 Å². The van der Waals surface area contributed by atoms with E-state index in [9.17, 15) is 0 Å². The van der Waals surface area contributed by atoms with Crippen molar-refractivity contribution in [1.82, 2.24) is 19.1 Å². The molecular formula is C48H34N4. The SMILES string of the molecule is Cc1cc(-n2c3ccc(-c4ccccc4)cc3c3ncccc32)ccc1-c1ccc(-n2c3ccc(-c4ccccc4)cc3c3ncccc32)cc1C. The van der Waals surface area contributed by atoms with E-state index in [4.69, 9.17) is 9.97 Å². The van der Waals surface area contributed by atoms with E-state index in [1.807, 2.05) is 24.5 Å². The molecule has 0 aliphatic rings. The predicted octanol–water partition coefficient (Wildman–Crippen LogP) is 12.3. The fourth-order valence-electron chi connectivity index (χ4n) is 8.03. The zero-order valence-electron chi connectivity index (χ0n) is 29.0. The lowest BCUT2D eigenvalue weighted by molar-refractivity contribution is 1.16. The summed E-state index contributed by atoms with van der Waals surface area (Å²) in [6.45, 7) is 4.43. The number of nitrogens with zero attached hydrogens (tertiary/aromatic N) is 4. The molecule has 10 rings (SSSR count). The largest absolute Gasteiger partial charge is 0.308 e. The van der Waals surface area contributed by atoms with Gasteiger partial charge < -0.3 is 9.13 Å². The molecule has 0 bridgehead atoms. The minimum atomic E-state index is 1.01. The number of benzene rings is 6. The van der Waals surface area contributed by atoms with E-state index < -0.39 is 0 Å². The summed E-state index contributed by atoms with van der Waals surface area (Å²) < 4.78 is 4.69. The molecule has 0 unspecified atom stereocenters. The normalized spacial score (nSPS) is 11.7. The molecule has 4 heterocycles. The lowest BCUT2D eigenvalue weighted by Crippen LogP contribution is -1.98. The second kappa shape index (κ2) is 11.9. The number of hydrogen-bond acceptors (Lipinski definition) is 2. The molecule has 0 fully saturated rings. The average Bonchev–Trinajstić information content (AvgIpc) is 3.71. The average molecular weight is 667 g/mol. The van der Waals surface area contributed by atoms with Gasteiger partial charge >= 0.3 is 0 Å². The molecule has 0 aliphatic carbocycles. The van der Waals surface area contributed by atoms with Crippen molar-refractivity contribution in [2.75, 3.05) is 0 Å². The van der Waals surface area contributed by atoms with E-state index in [0.29, 0.717) is 0 Å². The van der Waals surface area contributed by atoms with Gasteiger partial charge in [-0.15, -0.1) is 0 Å². The van der Waals surface area contributed by atoms with Crippen LogP contribution in [0.4, 0.5) is 0 Å². The summed E-state index contributed by atoms with van der Waals surface area (Å²) in [5.41, 5.74) is 18.5. The monoisotopic (exact) mass is 666 g/mol. The lowest BCUT2D eigenvalue weighted by Gasteiger charge is -2.15. The molecule has 246 valence electrons. The first kappa shape index (κ1) is 30.1. The first-order valence-corrected chi connectivity index (χ1v) is 17.7. The van der Waals surface area contributed by atoms with Gasteiger partial charge in [0.25, 0.3) is 0 Å². The third kappa shape index (κ3) is 4.76. The molecule has 0 atom stereocenters. The Morgan fingerprint density at radius 3 is 1.23 bits per heavy atom. The second-order valence-corrected chi connectivity index (χ2v) is 13.6. The van der Waals surface area contributed by atoms with Crippen molar-refractivity contribution in [3.8, 4) is 44.8 Å². The van der Waals surface area contributed by atoms with Crippen molar-refractivity contribution in [3.05, 3.63) is 181 Å². The summed E-state index contributed by atoms with van der Waals surface area (Å²) in [6, 6.07) is 56.6. The van der Waals surface area contributed by atoms with Gasteiger partial charge in [0, 0.05) is 34.5 Å². The number of aryl methyl sites for hydroxylation is 2. The van der Waals surface area contributed by atoms with Crippen LogP contribution in [0.2, 0.25) is 0 Å². The zero-order valence-corrected chi connectivity index (χ0v) is 29.0. The number of fused-ring (bicyclic) bond motifs is 6. The number of pyridine rings is 2. The van der Waals surface area contributed by atoms with Crippen LogP contribution in [0.5, 0.6) is 0 Å². The van der Waals surface area contributed by atoms with Gasteiger partial charge in [0.2, 0.25) is 0 Å². The summed E-state index contributed by atoms with van der Waals surface area (Å²) in [5, 5.41) is 2.31. The highest BCUT2D eigenvalue weighted by Gasteiger charge is 2.18. The molecule has 10 aromatic rings. The molecule has 52 heavy (non-hydrogen) atoms. The summed E-state index contributed by atoms with van der Waals surface area (Å²) >= 11 is 0. The van der Waals surface area contributed by atoms with Crippen molar-refractivity contribution in [1.29, 1.82) is 0 Å². The van der Waals surface area contributed by atoms with Gasteiger partial charge in [-0.2, -0.15) is 0 Å². The van der Waals surface area contributed by atoms with E-state index in [-0.39, 0.29) is 0 Å². The van der Waals surface area contributed by atoms with Gasteiger partial charge in [0.05, 0.1) is 33.1 Å². The van der Waals surface area contributed by atoms with Crippen LogP contribution in [-0.2, 0) is 0 Å². The summed E-state index contributed by atoms with van der Waals surface area (Å²) in [5.74, 6) is 0. The molecule has 0 saturated heterocycles. The van der Waals surface area contributed by atoms with Crippen LogP contribution >= 0.6 is 0 Å². The maximum atomic E-state index is 4.85. The molecule has 0 amide bonds. The fraction of sp³-hybridized carbons (Fsp3) is 0.0417. The Hall–Kier alpha value is -6.78. The molecule has 0 radical (unpaired) electrons. The third-order valence-electron chi connectivity index (χ3n) is 10.5. The van der Waals surface area contributed by atoms with E-state index in [0.717, 1.165) is 55.2 Å². The van der Waals surface area contributed by atoms with Gasteiger partial charge in [0.1, 0.15) is 0 Å². The van der Waals surface area contributed by atoms with Crippen LogP contribution in [0, 0.1) is 13.8 Å². The molecule has 0 saturated carbocycles. The highest BCUT2D eigenvalue weighted by Crippen LogP contribution is 2.38. The Labute approximate surface area is 301 Å². The Morgan fingerprint density at radius 1 is 0.365 bits per heavy atom. The van der Waals surface area contributed by atoms with Crippen molar-refractivity contribution in [2.45, 2.75) is 13.8 Å². The highest BCUT2D eigenvalue weighted by molar-refractivity contribution is 6.09. The predicted molar refractivity (Wildman–Crippen MR) is 216 cm³/mol. The Morgan fingerprint density at radius 2 is 0.808 bits per heavy atom. The maximum absolute atomic E-state index is 4.85. The first-order chi connectivity index (χ1) is 25.6. The standard InChI is InChI=1S/C48H34N4/c1-31-27-37(51-43-23-17-35(33-11-5-3-6-12-33)29-41(43)47-45(51)15-9-25-49-47)19-21-39(31)40-22-20-38(28-32(40)2)52-44-24-18-36(34-13-7-4-8-14-34)30-42(44)48-46(52)16-10-26-50-48/h3-30H,1-2H3. The van der Waals surface area contributed by atoms with E-state index in [1.165, 1.54) is 44.5 Å². The lowest BCUT2D eigenvalue weighted by atomic mass is 9.95. The molecule has 4 nitrogen and oxygen atoms in total. The highest BCUT2D eigenvalue weighted by atomic mass is 15.0. The first-order valence-electron chi connectivity index (χ1n) is 17.7. The minimum absolute atomic E-state index is 1.01. The van der Waals surface area contributed by atoms with E-state index in [1.54, 1.807) is 0 Å². The van der Waals surface area contributed by atoms with E-state index in [2.05, 4.69) is 169 Å². The van der Waals surface area contributed by atoms with Crippen LogP contribution in [-0.4, -0.2) is 19.1 Å². The number of rotatable bonds is 5. The Bertz CT molecular complexity index is 2760. The maximum Gasteiger partial charge on any atom is 0.0963 e. The number of aromatic nitrogens is 4. The molecule has 4 heteroatoms. The van der Waals surface area contributed by atoms with Crippen LogP contribution in [0.25, 0.3) is 88.6 Å². The van der Waals surface area contributed by atoms with Crippen LogP contribution in [0.3, 0.4) is 0 Å². The van der Waals surface area contributed by atoms with Crippen LogP contribution in [0.15, 0.2) is 170 Å². The second-order valence-electron chi connectivity index (χ2n) is 13.6. The van der Waals surface area contributed by atoms with Gasteiger partial charge in [-0.25, -0.2) is 0 Å². The van der Waals surface area contributed by atoms with E-state index >= 15 is 0 Å². The topological polar surface area (TPSA) is 35.6 Å². The van der Waals surface area contributed by atoms with Crippen molar-refractivity contribution in [3.63, 3.8) is 0 Å². The van der Waals surface area contributed by atoms with Crippen LogP contribution in [0.1, 0.15) is 11.1 Å². The minimum Gasteiger partial charge on any atom is -0.308 e. The fourth-order valence-corrected chi connectivity index (χ4v) is 8.03. The molecular weight excluding hydrogens is 633 g/mol. The van der Waals surface area contributed by atoms with Gasteiger partial charge in [-0.1, -0.05) is 84.9 Å². The summed E-state index contributed by atoms with van der Waals surface area (Å²) in [7, 11) is 0. The molecule has 0 spiro atoms. The molecule has 0 N–H and O–H groups in total. The third-order valence-corrected chi connectivity index (χ3v) is 10.5. The van der Waals surface area contributed by atoms with Crippen molar-refractivity contribution < 1.29 is 0 Å². The molecule has 4 aromatic heterocycles. The summed E-state index contributed by atoms with van der Waals surface area (Å²) in [6.07, 6.45) is 3.78. The summed E-state index contributed by atoms with van der Waals surface area (Å²) in [4.78, 5) is 9.70. The smallest absolute Gasteiger partial charge is 0.0963 e. The molecule has 6 aromatic carbocycles. The number of hydrogen-bond donors (Lipinski definition) is 0. The Kier molecular flexibility index (Phi) is 6.90. The van der Waals surface area contributed by atoms with Crippen LogP contribution < -0.4 is 0 Å².